The molecule has 0 aromatic carbocycles. The van der Waals surface area contributed by atoms with Crippen LogP contribution in [0.3, 0.4) is 0 Å². The Morgan fingerprint density at radius 2 is 1.62 bits per heavy atom. The third-order valence-corrected chi connectivity index (χ3v) is 3.87. The van der Waals surface area contributed by atoms with Crippen LogP contribution in [0.1, 0.15) is 65.2 Å². The molecule has 136 valence electrons. The molecule has 1 heterocycles. The molecule has 0 saturated carbocycles. The van der Waals surface area contributed by atoms with Crippen LogP contribution in [0.15, 0.2) is 6.33 Å². The van der Waals surface area contributed by atoms with E-state index in [9.17, 15) is 9.59 Å². The van der Waals surface area contributed by atoms with Gasteiger partial charge < -0.3 is 4.90 Å². The fraction of sp³-hybridized carbons (Fsp3) is 0.765. The lowest BCUT2D eigenvalue weighted by Gasteiger charge is -2.21. The van der Waals surface area contributed by atoms with E-state index in [1.54, 1.807) is 11.9 Å². The van der Waals surface area contributed by atoms with Gasteiger partial charge in [-0.1, -0.05) is 52.4 Å². The maximum absolute atomic E-state index is 12.4. The number of nitrogens with one attached hydrogen (secondary N) is 1. The molecule has 0 fully saturated rings. The van der Waals surface area contributed by atoms with Crippen LogP contribution in [0.4, 0.5) is 5.95 Å². The molecule has 0 saturated heterocycles. The zero-order valence-electron chi connectivity index (χ0n) is 15.3. The first-order chi connectivity index (χ1) is 11.6. The molecule has 0 bridgehead atoms. The molecule has 0 aliphatic rings. The Labute approximate surface area is 144 Å². The summed E-state index contributed by atoms with van der Waals surface area (Å²) in [6.45, 7) is 5.57. The van der Waals surface area contributed by atoms with Crippen LogP contribution in [-0.4, -0.2) is 44.6 Å². The van der Waals surface area contributed by atoms with Crippen molar-refractivity contribution in [2.45, 2.75) is 65.2 Å². The highest BCUT2D eigenvalue weighted by Crippen LogP contribution is 2.07. The van der Waals surface area contributed by atoms with E-state index in [-0.39, 0.29) is 5.95 Å². The number of anilines is 1. The first kappa shape index (κ1) is 20.1. The second-order valence-electron chi connectivity index (χ2n) is 6.11. The number of hydrogen-bond acceptors (Lipinski definition) is 4. The van der Waals surface area contributed by atoms with Crippen LogP contribution in [0.25, 0.3) is 0 Å². The van der Waals surface area contributed by atoms with Gasteiger partial charge in [-0.25, -0.2) is 4.98 Å². The first-order valence-corrected chi connectivity index (χ1v) is 9.04. The molecule has 0 spiro atoms. The topological polar surface area (TPSA) is 80.1 Å². The molecule has 0 aliphatic heterocycles. The summed E-state index contributed by atoms with van der Waals surface area (Å²) in [6.07, 6.45) is 10.1. The SMILES string of the molecule is CCCCCCN(CCCCCC)C(=O)C(=O)Nc1ncn(C)n1. The molecule has 0 atom stereocenters. The van der Waals surface area contributed by atoms with Crippen molar-refractivity contribution in [3.05, 3.63) is 6.33 Å². The lowest BCUT2D eigenvalue weighted by atomic mass is 10.1. The largest absolute Gasteiger partial charge is 0.334 e. The minimum atomic E-state index is -0.660. The van der Waals surface area contributed by atoms with Crippen molar-refractivity contribution < 1.29 is 9.59 Å². The smallest absolute Gasteiger partial charge is 0.316 e. The number of carbonyl (C=O) groups excluding carboxylic acids is 2. The van der Waals surface area contributed by atoms with Gasteiger partial charge in [-0.2, -0.15) is 0 Å². The Morgan fingerprint density at radius 1 is 1.04 bits per heavy atom. The monoisotopic (exact) mass is 337 g/mol. The lowest BCUT2D eigenvalue weighted by Crippen LogP contribution is -2.41. The summed E-state index contributed by atoms with van der Waals surface area (Å²) < 4.78 is 1.48. The van der Waals surface area contributed by atoms with Crippen LogP contribution in [0.2, 0.25) is 0 Å². The third-order valence-electron chi connectivity index (χ3n) is 3.87. The van der Waals surface area contributed by atoms with Gasteiger partial charge in [0.1, 0.15) is 6.33 Å². The van der Waals surface area contributed by atoms with Crippen molar-refractivity contribution in [1.29, 1.82) is 0 Å². The lowest BCUT2D eigenvalue weighted by molar-refractivity contribution is -0.143. The molecule has 7 nitrogen and oxygen atoms in total. The van der Waals surface area contributed by atoms with E-state index in [0.717, 1.165) is 51.4 Å². The highest BCUT2D eigenvalue weighted by atomic mass is 16.2. The summed E-state index contributed by atoms with van der Waals surface area (Å²) in [5, 5.41) is 6.44. The Balaban J connectivity index is 2.53. The second-order valence-corrected chi connectivity index (χ2v) is 6.11. The fourth-order valence-electron chi connectivity index (χ4n) is 2.47. The van der Waals surface area contributed by atoms with Crippen molar-refractivity contribution in [2.24, 2.45) is 7.05 Å². The van der Waals surface area contributed by atoms with E-state index in [2.05, 4.69) is 29.2 Å². The number of aryl methyl sites for hydroxylation is 1. The van der Waals surface area contributed by atoms with Gasteiger partial charge in [0, 0.05) is 20.1 Å². The Morgan fingerprint density at radius 3 is 2.08 bits per heavy atom. The summed E-state index contributed by atoms with van der Waals surface area (Å²) in [6, 6.07) is 0. The van der Waals surface area contributed by atoms with E-state index in [0.29, 0.717) is 13.1 Å². The standard InChI is InChI=1S/C17H31N5O2/c1-4-6-8-10-12-22(13-11-9-7-5-2)16(24)15(23)19-17-18-14-21(3)20-17/h14H,4-13H2,1-3H3,(H,19,20,23). The highest BCUT2D eigenvalue weighted by Gasteiger charge is 2.22. The molecule has 1 N–H and O–H groups in total. The van der Waals surface area contributed by atoms with E-state index < -0.39 is 11.8 Å². The average Bonchev–Trinajstić information content (AvgIpc) is 2.97. The van der Waals surface area contributed by atoms with Gasteiger partial charge in [-0.05, 0) is 12.8 Å². The maximum atomic E-state index is 12.4. The summed E-state index contributed by atoms with van der Waals surface area (Å²) in [4.78, 5) is 30.2. The molecular weight excluding hydrogens is 306 g/mol. The van der Waals surface area contributed by atoms with Gasteiger partial charge in [0.15, 0.2) is 0 Å². The van der Waals surface area contributed by atoms with Crippen molar-refractivity contribution in [3.8, 4) is 0 Å². The predicted molar refractivity (Wildman–Crippen MR) is 94.5 cm³/mol. The van der Waals surface area contributed by atoms with Crippen molar-refractivity contribution in [2.75, 3.05) is 18.4 Å². The second kappa shape index (κ2) is 11.6. The molecule has 1 aromatic heterocycles. The number of amides is 2. The Kier molecular flexibility index (Phi) is 9.72. The highest BCUT2D eigenvalue weighted by molar-refractivity contribution is 6.39. The van der Waals surface area contributed by atoms with Crippen molar-refractivity contribution in [3.63, 3.8) is 0 Å². The third kappa shape index (κ3) is 7.57. The van der Waals surface area contributed by atoms with Crippen molar-refractivity contribution in [1.82, 2.24) is 19.7 Å². The molecule has 0 aliphatic carbocycles. The maximum Gasteiger partial charge on any atom is 0.316 e. The van der Waals surface area contributed by atoms with Crippen LogP contribution < -0.4 is 5.32 Å². The van der Waals surface area contributed by atoms with Crippen molar-refractivity contribution >= 4 is 17.8 Å². The summed E-state index contributed by atoms with van der Waals surface area (Å²) in [7, 11) is 1.71. The normalized spacial score (nSPS) is 10.6. The molecule has 1 aromatic rings. The molecule has 0 unspecified atom stereocenters. The molecule has 24 heavy (non-hydrogen) atoms. The zero-order chi connectivity index (χ0) is 17.8. The predicted octanol–water partition coefficient (Wildman–Crippen LogP) is 2.74. The van der Waals surface area contributed by atoms with Crippen LogP contribution in [0.5, 0.6) is 0 Å². The number of hydrogen-bond donors (Lipinski definition) is 1. The average molecular weight is 337 g/mol. The van der Waals surface area contributed by atoms with Gasteiger partial charge in [-0.3, -0.25) is 19.6 Å². The van der Waals surface area contributed by atoms with Crippen LogP contribution >= 0.6 is 0 Å². The fourth-order valence-corrected chi connectivity index (χ4v) is 2.47. The minimum absolute atomic E-state index is 0.160. The molecule has 1 rings (SSSR count). The minimum Gasteiger partial charge on any atom is -0.334 e. The first-order valence-electron chi connectivity index (χ1n) is 9.04. The van der Waals surface area contributed by atoms with E-state index in [4.69, 9.17) is 0 Å². The van der Waals surface area contributed by atoms with E-state index in [1.165, 1.54) is 11.0 Å². The number of nitrogens with zero attached hydrogens (tertiary/aromatic N) is 4. The van der Waals surface area contributed by atoms with Gasteiger partial charge >= 0.3 is 11.8 Å². The van der Waals surface area contributed by atoms with Gasteiger partial charge in [0.05, 0.1) is 0 Å². The van der Waals surface area contributed by atoms with E-state index in [1.807, 2.05) is 0 Å². The number of unbranched alkanes of at least 4 members (excludes halogenated alkanes) is 6. The zero-order valence-corrected chi connectivity index (χ0v) is 15.3. The summed E-state index contributed by atoms with van der Waals surface area (Å²) in [5.74, 6) is -0.990. The molecular formula is C17H31N5O2. The molecule has 7 heteroatoms. The Hall–Kier alpha value is -1.92. The van der Waals surface area contributed by atoms with Gasteiger partial charge in [-0.15, -0.1) is 5.10 Å². The van der Waals surface area contributed by atoms with Gasteiger partial charge in [0.2, 0.25) is 5.95 Å². The summed E-state index contributed by atoms with van der Waals surface area (Å²) >= 11 is 0. The molecule has 2 amide bonds. The number of carbonyl (C=O) groups is 2. The van der Waals surface area contributed by atoms with E-state index >= 15 is 0 Å². The quantitative estimate of drug-likeness (QED) is 0.497. The van der Waals surface area contributed by atoms with Crippen LogP contribution in [-0.2, 0) is 16.6 Å². The number of aromatic nitrogens is 3. The summed E-state index contributed by atoms with van der Waals surface area (Å²) in [5.41, 5.74) is 0. The van der Waals surface area contributed by atoms with Gasteiger partial charge in [0.25, 0.3) is 0 Å². The Bertz CT molecular complexity index is 489. The molecule has 0 radical (unpaired) electrons. The number of rotatable bonds is 11. The van der Waals surface area contributed by atoms with Crippen LogP contribution in [0, 0.1) is 0 Å².